The van der Waals surface area contributed by atoms with Crippen molar-refractivity contribution in [3.8, 4) is 0 Å². The van der Waals surface area contributed by atoms with Crippen LogP contribution in [0.3, 0.4) is 0 Å². The fourth-order valence-corrected chi connectivity index (χ4v) is 3.28. The molecule has 0 aliphatic heterocycles. The Morgan fingerprint density at radius 3 is 2.18 bits per heavy atom. The molecule has 2 heteroatoms. The lowest BCUT2D eigenvalue weighted by Gasteiger charge is -2.12. The minimum atomic E-state index is -0.800. The molecule has 0 spiro atoms. The van der Waals surface area contributed by atoms with E-state index in [-0.39, 0.29) is 6.42 Å². The SMILES string of the molecule is O=C(O)Cc1c2ccccc2cc2ccc3ccccc3c12. The maximum Gasteiger partial charge on any atom is 0.307 e. The van der Waals surface area contributed by atoms with Gasteiger partial charge in [0.1, 0.15) is 0 Å². The Bertz CT molecular complexity index is 1030. The van der Waals surface area contributed by atoms with Crippen molar-refractivity contribution in [2.75, 3.05) is 0 Å². The third kappa shape index (κ3) is 1.92. The first-order valence-electron chi connectivity index (χ1n) is 7.28. The van der Waals surface area contributed by atoms with Crippen LogP contribution in [0.15, 0.2) is 66.7 Å². The maximum atomic E-state index is 11.4. The first kappa shape index (κ1) is 12.8. The highest BCUT2D eigenvalue weighted by Gasteiger charge is 2.13. The number of carbonyl (C=O) groups is 1. The van der Waals surface area contributed by atoms with Gasteiger partial charge < -0.3 is 5.11 Å². The summed E-state index contributed by atoms with van der Waals surface area (Å²) in [6, 6.07) is 22.4. The van der Waals surface area contributed by atoms with Gasteiger partial charge in [0.2, 0.25) is 0 Å². The van der Waals surface area contributed by atoms with E-state index in [0.717, 1.165) is 37.9 Å². The van der Waals surface area contributed by atoms with Crippen molar-refractivity contribution in [2.45, 2.75) is 6.42 Å². The Labute approximate surface area is 127 Å². The van der Waals surface area contributed by atoms with E-state index in [4.69, 9.17) is 0 Å². The van der Waals surface area contributed by atoms with Crippen LogP contribution in [0.4, 0.5) is 0 Å². The number of aliphatic carboxylic acids is 1. The predicted octanol–water partition coefficient (Wildman–Crippen LogP) is 4.77. The van der Waals surface area contributed by atoms with Gasteiger partial charge in [0.15, 0.2) is 0 Å². The van der Waals surface area contributed by atoms with Crippen molar-refractivity contribution in [1.82, 2.24) is 0 Å². The second-order valence-corrected chi connectivity index (χ2v) is 5.53. The molecular formula is C20H14O2. The number of benzene rings is 4. The molecule has 0 radical (unpaired) electrons. The molecule has 1 N–H and O–H groups in total. The van der Waals surface area contributed by atoms with E-state index < -0.39 is 5.97 Å². The second kappa shape index (κ2) is 4.85. The predicted molar refractivity (Wildman–Crippen MR) is 90.3 cm³/mol. The monoisotopic (exact) mass is 286 g/mol. The molecule has 0 atom stereocenters. The van der Waals surface area contributed by atoms with Crippen LogP contribution in [0.2, 0.25) is 0 Å². The average Bonchev–Trinajstić information content (AvgIpc) is 2.54. The van der Waals surface area contributed by atoms with Crippen molar-refractivity contribution < 1.29 is 9.90 Å². The Kier molecular flexibility index (Phi) is 2.83. The summed E-state index contributed by atoms with van der Waals surface area (Å²) in [6.07, 6.45) is 0.0336. The topological polar surface area (TPSA) is 37.3 Å². The van der Waals surface area contributed by atoms with E-state index in [1.54, 1.807) is 0 Å². The zero-order valence-electron chi connectivity index (χ0n) is 11.9. The van der Waals surface area contributed by atoms with Crippen LogP contribution < -0.4 is 0 Å². The summed E-state index contributed by atoms with van der Waals surface area (Å²) in [5.74, 6) is -0.800. The number of rotatable bonds is 2. The molecule has 0 amide bonds. The van der Waals surface area contributed by atoms with Gasteiger partial charge in [-0.25, -0.2) is 0 Å². The van der Waals surface area contributed by atoms with E-state index >= 15 is 0 Å². The number of carboxylic acids is 1. The number of hydrogen-bond acceptors (Lipinski definition) is 1. The highest BCUT2D eigenvalue weighted by Crippen LogP contribution is 2.34. The summed E-state index contributed by atoms with van der Waals surface area (Å²) < 4.78 is 0. The van der Waals surface area contributed by atoms with Crippen LogP contribution in [0.1, 0.15) is 5.56 Å². The van der Waals surface area contributed by atoms with Crippen molar-refractivity contribution in [3.63, 3.8) is 0 Å². The molecule has 0 aromatic heterocycles. The quantitative estimate of drug-likeness (QED) is 0.425. The Hall–Kier alpha value is -2.87. The molecule has 22 heavy (non-hydrogen) atoms. The Morgan fingerprint density at radius 2 is 1.41 bits per heavy atom. The smallest absolute Gasteiger partial charge is 0.307 e. The molecule has 2 nitrogen and oxygen atoms in total. The molecule has 106 valence electrons. The van der Waals surface area contributed by atoms with Crippen LogP contribution in [-0.4, -0.2) is 11.1 Å². The minimum Gasteiger partial charge on any atom is -0.481 e. The van der Waals surface area contributed by atoms with Crippen LogP contribution in [0.25, 0.3) is 32.3 Å². The third-order valence-corrected chi connectivity index (χ3v) is 4.19. The maximum absolute atomic E-state index is 11.4. The minimum absolute atomic E-state index is 0.0336. The van der Waals surface area contributed by atoms with E-state index in [2.05, 4.69) is 30.3 Å². The summed E-state index contributed by atoms with van der Waals surface area (Å²) in [6.45, 7) is 0. The van der Waals surface area contributed by atoms with Gasteiger partial charge >= 0.3 is 5.97 Å². The van der Waals surface area contributed by atoms with Crippen molar-refractivity contribution >= 4 is 38.3 Å². The number of hydrogen-bond donors (Lipinski definition) is 1. The fourth-order valence-electron chi connectivity index (χ4n) is 3.28. The lowest BCUT2D eigenvalue weighted by molar-refractivity contribution is -0.136. The number of fused-ring (bicyclic) bond motifs is 4. The Morgan fingerprint density at radius 1 is 0.773 bits per heavy atom. The van der Waals surface area contributed by atoms with Gasteiger partial charge in [0.05, 0.1) is 6.42 Å². The second-order valence-electron chi connectivity index (χ2n) is 5.53. The molecule has 0 heterocycles. The van der Waals surface area contributed by atoms with Gasteiger partial charge in [-0.15, -0.1) is 0 Å². The largest absolute Gasteiger partial charge is 0.481 e. The van der Waals surface area contributed by atoms with Crippen LogP contribution in [0.5, 0.6) is 0 Å². The zero-order valence-corrected chi connectivity index (χ0v) is 11.9. The summed E-state index contributed by atoms with van der Waals surface area (Å²) >= 11 is 0. The molecule has 0 unspecified atom stereocenters. The molecule has 0 fully saturated rings. The average molecular weight is 286 g/mol. The molecule has 4 aromatic rings. The fraction of sp³-hybridized carbons (Fsp3) is 0.0500. The van der Waals surface area contributed by atoms with Gasteiger partial charge in [-0.05, 0) is 43.9 Å². The normalized spacial score (nSPS) is 11.3. The molecule has 0 aliphatic carbocycles. The van der Waals surface area contributed by atoms with E-state index in [1.807, 2.05) is 36.4 Å². The van der Waals surface area contributed by atoms with Gasteiger partial charge in [-0.3, -0.25) is 4.79 Å². The first-order valence-corrected chi connectivity index (χ1v) is 7.28. The van der Waals surface area contributed by atoms with E-state index in [1.165, 1.54) is 0 Å². The summed E-state index contributed by atoms with van der Waals surface area (Å²) in [7, 11) is 0. The summed E-state index contributed by atoms with van der Waals surface area (Å²) in [5.41, 5.74) is 0.900. The van der Waals surface area contributed by atoms with E-state index in [9.17, 15) is 9.90 Å². The van der Waals surface area contributed by atoms with Crippen LogP contribution in [-0.2, 0) is 11.2 Å². The van der Waals surface area contributed by atoms with Gasteiger partial charge in [0.25, 0.3) is 0 Å². The third-order valence-electron chi connectivity index (χ3n) is 4.19. The summed E-state index contributed by atoms with van der Waals surface area (Å²) in [4.78, 5) is 11.4. The molecule has 0 bridgehead atoms. The van der Waals surface area contributed by atoms with Crippen molar-refractivity contribution in [3.05, 3.63) is 72.3 Å². The lowest BCUT2D eigenvalue weighted by Crippen LogP contribution is -2.02. The van der Waals surface area contributed by atoms with Crippen molar-refractivity contribution in [2.24, 2.45) is 0 Å². The lowest BCUT2D eigenvalue weighted by atomic mass is 9.91. The van der Waals surface area contributed by atoms with Gasteiger partial charge in [-0.2, -0.15) is 0 Å². The van der Waals surface area contributed by atoms with Crippen molar-refractivity contribution in [1.29, 1.82) is 0 Å². The summed E-state index contributed by atoms with van der Waals surface area (Å²) in [5, 5.41) is 15.9. The van der Waals surface area contributed by atoms with E-state index in [0.29, 0.717) is 0 Å². The molecule has 4 aromatic carbocycles. The standard InChI is InChI=1S/C20H14O2/c21-19(22)12-18-16-7-3-2-6-14(16)11-15-10-9-13-5-1-4-8-17(13)20(15)18/h1-11H,12H2,(H,21,22). The molecular weight excluding hydrogens is 272 g/mol. The molecule has 4 rings (SSSR count). The molecule has 0 saturated heterocycles. The zero-order chi connectivity index (χ0) is 15.1. The number of carboxylic acid groups (broad SMARTS) is 1. The molecule has 0 saturated carbocycles. The highest BCUT2D eigenvalue weighted by molar-refractivity contribution is 6.15. The Balaban J connectivity index is 2.26. The van der Waals surface area contributed by atoms with Crippen LogP contribution >= 0.6 is 0 Å². The van der Waals surface area contributed by atoms with Gasteiger partial charge in [-0.1, -0.05) is 60.7 Å². The first-order chi connectivity index (χ1) is 10.7. The van der Waals surface area contributed by atoms with Crippen LogP contribution in [0, 0.1) is 0 Å². The highest BCUT2D eigenvalue weighted by atomic mass is 16.4. The molecule has 0 aliphatic rings. The van der Waals surface area contributed by atoms with Gasteiger partial charge in [0, 0.05) is 0 Å².